The summed E-state index contributed by atoms with van der Waals surface area (Å²) in [5, 5.41) is 2.37. The van der Waals surface area contributed by atoms with Crippen molar-refractivity contribution in [3.8, 4) is 0 Å². The van der Waals surface area contributed by atoms with Crippen LogP contribution in [0.4, 0.5) is 0 Å². The molecule has 5 rings (SSSR count). The number of fused-ring (bicyclic) bond motifs is 2. The van der Waals surface area contributed by atoms with Crippen molar-refractivity contribution in [3.63, 3.8) is 0 Å². The summed E-state index contributed by atoms with van der Waals surface area (Å²) in [4.78, 5) is 12.9. The summed E-state index contributed by atoms with van der Waals surface area (Å²) in [6, 6.07) is 20.7. The Morgan fingerprint density at radius 3 is 2.60 bits per heavy atom. The number of ether oxygens (including phenoxy) is 1. The number of epoxide rings is 1. The Morgan fingerprint density at radius 1 is 0.880 bits per heavy atom. The van der Waals surface area contributed by atoms with Gasteiger partial charge in [0.25, 0.3) is 0 Å². The predicted octanol–water partition coefficient (Wildman–Crippen LogP) is 5.04. The van der Waals surface area contributed by atoms with E-state index in [2.05, 4.69) is 36.4 Å². The van der Waals surface area contributed by atoms with Crippen LogP contribution in [0.15, 0.2) is 60.7 Å². The minimum atomic E-state index is -0.340. The summed E-state index contributed by atoms with van der Waals surface area (Å²) in [7, 11) is 0. The third-order valence-electron chi connectivity index (χ3n) is 5.51. The highest BCUT2D eigenvalue weighted by Gasteiger charge is 2.46. The van der Waals surface area contributed by atoms with Crippen LogP contribution < -0.4 is 0 Å². The van der Waals surface area contributed by atoms with E-state index in [1.807, 2.05) is 24.3 Å². The standard InChI is InChI=1S/C23H20O2/c24-21(18-13-12-15-6-1-2-8-17(15)14-18)23-22(25-23)20-11-5-9-16-7-3-4-10-19(16)20/h3-5,7,9-14,22-23H,1-2,6,8H2. The molecule has 0 spiro atoms. The molecule has 0 saturated carbocycles. The number of carbonyl (C=O) groups is 1. The maximum Gasteiger partial charge on any atom is 0.194 e. The normalized spacial score (nSPS) is 21.8. The van der Waals surface area contributed by atoms with Gasteiger partial charge in [0.1, 0.15) is 6.10 Å². The van der Waals surface area contributed by atoms with E-state index in [0.29, 0.717) is 0 Å². The predicted molar refractivity (Wildman–Crippen MR) is 99.0 cm³/mol. The van der Waals surface area contributed by atoms with Crippen LogP contribution in [0.25, 0.3) is 10.8 Å². The van der Waals surface area contributed by atoms with E-state index in [-0.39, 0.29) is 18.0 Å². The molecule has 0 radical (unpaired) electrons. The molecular weight excluding hydrogens is 308 g/mol. The van der Waals surface area contributed by atoms with Gasteiger partial charge in [-0.25, -0.2) is 0 Å². The number of aryl methyl sites for hydroxylation is 2. The maximum absolute atomic E-state index is 12.9. The molecule has 1 heterocycles. The average molecular weight is 328 g/mol. The largest absolute Gasteiger partial charge is 0.356 e. The van der Waals surface area contributed by atoms with Crippen molar-refractivity contribution >= 4 is 16.6 Å². The summed E-state index contributed by atoms with van der Waals surface area (Å²) >= 11 is 0. The van der Waals surface area contributed by atoms with Gasteiger partial charge in [0.15, 0.2) is 11.9 Å². The number of ketones is 1. The zero-order valence-electron chi connectivity index (χ0n) is 14.1. The van der Waals surface area contributed by atoms with Gasteiger partial charge >= 0.3 is 0 Å². The Bertz CT molecular complexity index is 967. The molecule has 124 valence electrons. The molecule has 1 aliphatic carbocycles. The third kappa shape index (κ3) is 2.58. The van der Waals surface area contributed by atoms with E-state index >= 15 is 0 Å². The van der Waals surface area contributed by atoms with Crippen molar-refractivity contribution in [2.75, 3.05) is 0 Å². The molecule has 0 amide bonds. The Hall–Kier alpha value is -2.45. The first kappa shape index (κ1) is 14.9. The summed E-state index contributed by atoms with van der Waals surface area (Å²) < 4.78 is 5.82. The first-order valence-electron chi connectivity index (χ1n) is 9.10. The Morgan fingerprint density at radius 2 is 1.68 bits per heavy atom. The second-order valence-corrected chi connectivity index (χ2v) is 7.10. The van der Waals surface area contributed by atoms with Gasteiger partial charge in [0.05, 0.1) is 0 Å². The third-order valence-corrected chi connectivity index (χ3v) is 5.51. The van der Waals surface area contributed by atoms with Gasteiger partial charge in [0.2, 0.25) is 0 Å². The number of benzene rings is 3. The molecule has 25 heavy (non-hydrogen) atoms. The number of hydrogen-bond donors (Lipinski definition) is 0. The van der Waals surface area contributed by atoms with Crippen LogP contribution in [-0.2, 0) is 17.6 Å². The van der Waals surface area contributed by atoms with Crippen LogP contribution in [0.1, 0.15) is 46.0 Å². The van der Waals surface area contributed by atoms with Gasteiger partial charge in [0, 0.05) is 5.56 Å². The zero-order chi connectivity index (χ0) is 16.8. The topological polar surface area (TPSA) is 29.6 Å². The lowest BCUT2D eigenvalue weighted by molar-refractivity contribution is 0.0953. The van der Waals surface area contributed by atoms with Crippen LogP contribution in [-0.4, -0.2) is 11.9 Å². The highest BCUT2D eigenvalue weighted by atomic mass is 16.6. The first-order valence-corrected chi connectivity index (χ1v) is 9.10. The molecule has 3 aromatic carbocycles. The lowest BCUT2D eigenvalue weighted by atomic mass is 9.89. The van der Waals surface area contributed by atoms with Crippen molar-refractivity contribution in [1.82, 2.24) is 0 Å². The van der Waals surface area contributed by atoms with Crippen molar-refractivity contribution < 1.29 is 9.53 Å². The average Bonchev–Trinajstić information content (AvgIpc) is 3.47. The second kappa shape index (κ2) is 5.82. The molecule has 2 unspecified atom stereocenters. The second-order valence-electron chi connectivity index (χ2n) is 7.10. The Kier molecular flexibility index (Phi) is 3.46. The zero-order valence-corrected chi connectivity index (χ0v) is 14.1. The highest BCUT2D eigenvalue weighted by Crippen LogP contribution is 2.43. The summed E-state index contributed by atoms with van der Waals surface area (Å²) in [6.45, 7) is 0. The molecule has 3 aromatic rings. The molecule has 0 aromatic heterocycles. The van der Waals surface area contributed by atoms with Gasteiger partial charge in [-0.1, -0.05) is 54.6 Å². The van der Waals surface area contributed by atoms with Crippen molar-refractivity contribution in [2.45, 2.75) is 37.9 Å². The van der Waals surface area contributed by atoms with E-state index in [4.69, 9.17) is 4.74 Å². The number of Topliss-reactive ketones (excluding diaryl/α,β-unsaturated/α-hetero) is 1. The van der Waals surface area contributed by atoms with Crippen molar-refractivity contribution in [3.05, 3.63) is 82.9 Å². The van der Waals surface area contributed by atoms with E-state index in [1.165, 1.54) is 34.7 Å². The molecular formula is C23H20O2. The summed E-state index contributed by atoms with van der Waals surface area (Å²) in [5.41, 5.74) is 4.67. The fourth-order valence-corrected chi connectivity index (χ4v) is 4.10. The fraction of sp³-hybridized carbons (Fsp3) is 0.261. The molecule has 0 bridgehead atoms. The van der Waals surface area contributed by atoms with E-state index in [0.717, 1.165) is 24.0 Å². The van der Waals surface area contributed by atoms with Gasteiger partial charge < -0.3 is 4.74 Å². The maximum atomic E-state index is 12.9. The van der Waals surface area contributed by atoms with Crippen LogP contribution in [0.5, 0.6) is 0 Å². The van der Waals surface area contributed by atoms with Crippen molar-refractivity contribution in [1.29, 1.82) is 0 Å². The molecule has 1 aliphatic heterocycles. The first-order chi connectivity index (χ1) is 12.3. The smallest absolute Gasteiger partial charge is 0.194 e. The number of rotatable bonds is 3. The van der Waals surface area contributed by atoms with Crippen LogP contribution in [0, 0.1) is 0 Å². The minimum absolute atomic E-state index is 0.116. The molecule has 0 N–H and O–H groups in total. The number of hydrogen-bond acceptors (Lipinski definition) is 2. The van der Waals surface area contributed by atoms with E-state index < -0.39 is 0 Å². The molecule has 2 nitrogen and oxygen atoms in total. The quantitative estimate of drug-likeness (QED) is 0.498. The van der Waals surface area contributed by atoms with Crippen LogP contribution in [0.2, 0.25) is 0 Å². The minimum Gasteiger partial charge on any atom is -0.356 e. The Balaban J connectivity index is 1.43. The highest BCUT2D eigenvalue weighted by molar-refractivity contribution is 6.02. The van der Waals surface area contributed by atoms with Crippen molar-refractivity contribution in [2.24, 2.45) is 0 Å². The lowest BCUT2D eigenvalue weighted by Gasteiger charge is -2.16. The molecule has 2 aliphatic rings. The number of carbonyl (C=O) groups excluding carboxylic acids is 1. The SMILES string of the molecule is O=C(c1ccc2c(c1)CCCC2)C1OC1c1cccc2ccccc12. The summed E-state index contributed by atoms with van der Waals surface area (Å²) in [5.74, 6) is 0.117. The van der Waals surface area contributed by atoms with Gasteiger partial charge in [-0.3, -0.25) is 4.79 Å². The van der Waals surface area contributed by atoms with Crippen LogP contribution >= 0.6 is 0 Å². The fourth-order valence-electron chi connectivity index (χ4n) is 4.10. The van der Waals surface area contributed by atoms with Gasteiger partial charge in [-0.05, 0) is 59.2 Å². The Labute approximate surface area is 147 Å². The molecule has 1 fully saturated rings. The monoisotopic (exact) mass is 328 g/mol. The molecule has 2 atom stereocenters. The molecule has 1 saturated heterocycles. The van der Waals surface area contributed by atoms with Crippen LogP contribution in [0.3, 0.4) is 0 Å². The van der Waals surface area contributed by atoms with Gasteiger partial charge in [-0.2, -0.15) is 0 Å². The lowest BCUT2D eigenvalue weighted by Crippen LogP contribution is -2.11. The molecule has 2 heteroatoms. The summed E-state index contributed by atoms with van der Waals surface area (Å²) in [6.07, 6.45) is 4.26. The van der Waals surface area contributed by atoms with E-state index in [1.54, 1.807) is 0 Å². The van der Waals surface area contributed by atoms with E-state index in [9.17, 15) is 4.79 Å². The van der Waals surface area contributed by atoms with Gasteiger partial charge in [-0.15, -0.1) is 0 Å².